The highest BCUT2D eigenvalue weighted by atomic mass is 19.4. The fourth-order valence-corrected chi connectivity index (χ4v) is 3.52. The molecule has 0 fully saturated rings. The van der Waals surface area contributed by atoms with E-state index >= 15 is 0 Å². The number of carbonyl (C=O) groups excluding carboxylic acids is 1. The standard InChI is InChI=1S/C26H17F6N3O2/c1-14-2-6-21(11-16(14)4-3-15-8-17-5-7-22(36)35-23(17)33-13-15)34-24(37)18-9-19(25(27,28)29)12-20(10-18)26(30,31)32/h2-13H,1H3,(H,34,37)(H,33,35,36)/b4-3+. The first-order chi connectivity index (χ1) is 17.3. The topological polar surface area (TPSA) is 74.8 Å². The first kappa shape index (κ1) is 25.7. The summed E-state index contributed by atoms with van der Waals surface area (Å²) in [6.45, 7) is 1.79. The van der Waals surface area contributed by atoms with E-state index in [1.807, 2.05) is 0 Å². The van der Waals surface area contributed by atoms with Crippen molar-refractivity contribution in [1.82, 2.24) is 9.97 Å². The van der Waals surface area contributed by atoms with E-state index in [-0.39, 0.29) is 17.3 Å². The maximum atomic E-state index is 13.1. The highest BCUT2D eigenvalue weighted by Gasteiger charge is 2.37. The van der Waals surface area contributed by atoms with Gasteiger partial charge in [0.05, 0.1) is 11.1 Å². The summed E-state index contributed by atoms with van der Waals surface area (Å²) in [5.74, 6) is -1.12. The molecule has 190 valence electrons. The van der Waals surface area contributed by atoms with Crippen LogP contribution in [-0.4, -0.2) is 15.9 Å². The van der Waals surface area contributed by atoms with Crippen LogP contribution in [0.3, 0.4) is 0 Å². The molecule has 0 unspecified atom stereocenters. The van der Waals surface area contributed by atoms with E-state index in [0.717, 1.165) is 5.56 Å². The van der Waals surface area contributed by atoms with E-state index in [9.17, 15) is 35.9 Å². The summed E-state index contributed by atoms with van der Waals surface area (Å²) in [6, 6.07) is 10.2. The van der Waals surface area contributed by atoms with Crippen molar-refractivity contribution < 1.29 is 31.1 Å². The first-order valence-electron chi connectivity index (χ1n) is 10.7. The Labute approximate surface area is 205 Å². The minimum absolute atomic E-state index is 0.0369. The SMILES string of the molecule is Cc1ccc(NC(=O)c2cc(C(F)(F)F)cc(C(F)(F)F)c2)cc1/C=C/c1cnc2[nH]c(=O)ccc2c1. The van der Waals surface area contributed by atoms with Crippen LogP contribution in [0.2, 0.25) is 0 Å². The summed E-state index contributed by atoms with van der Waals surface area (Å²) < 4.78 is 78.8. The van der Waals surface area contributed by atoms with Crippen molar-refractivity contribution in [3.63, 3.8) is 0 Å². The Morgan fingerprint density at radius 3 is 2.22 bits per heavy atom. The van der Waals surface area contributed by atoms with Crippen molar-refractivity contribution >= 4 is 34.8 Å². The fraction of sp³-hybridized carbons (Fsp3) is 0.115. The number of fused-ring (bicyclic) bond motifs is 1. The highest BCUT2D eigenvalue weighted by Crippen LogP contribution is 2.36. The minimum Gasteiger partial charge on any atom is -0.322 e. The zero-order chi connectivity index (χ0) is 27.0. The second-order valence-corrected chi connectivity index (χ2v) is 8.18. The lowest BCUT2D eigenvalue weighted by molar-refractivity contribution is -0.143. The van der Waals surface area contributed by atoms with Crippen molar-refractivity contribution in [2.75, 3.05) is 5.32 Å². The Kier molecular flexibility index (Phi) is 6.64. The van der Waals surface area contributed by atoms with Crippen LogP contribution in [0.25, 0.3) is 23.2 Å². The van der Waals surface area contributed by atoms with Crippen LogP contribution >= 0.6 is 0 Å². The second-order valence-electron chi connectivity index (χ2n) is 8.18. The molecule has 4 aromatic rings. The minimum atomic E-state index is -5.06. The van der Waals surface area contributed by atoms with E-state index in [0.29, 0.717) is 34.3 Å². The van der Waals surface area contributed by atoms with Crippen LogP contribution in [0.5, 0.6) is 0 Å². The van der Waals surface area contributed by atoms with E-state index in [1.54, 1.807) is 43.5 Å². The van der Waals surface area contributed by atoms with Gasteiger partial charge < -0.3 is 10.3 Å². The molecule has 0 atom stereocenters. The normalized spacial score (nSPS) is 12.3. The van der Waals surface area contributed by atoms with Gasteiger partial charge in [0.15, 0.2) is 0 Å². The third kappa shape index (κ3) is 6.05. The van der Waals surface area contributed by atoms with Gasteiger partial charge in [-0.25, -0.2) is 4.98 Å². The number of aryl methyl sites for hydroxylation is 1. The molecule has 2 heterocycles. The molecule has 37 heavy (non-hydrogen) atoms. The summed E-state index contributed by atoms with van der Waals surface area (Å²) in [5.41, 5.74) is -1.47. The number of amides is 1. The molecule has 2 N–H and O–H groups in total. The molecule has 0 aliphatic carbocycles. The quantitative estimate of drug-likeness (QED) is 0.296. The number of nitrogens with zero attached hydrogens (tertiary/aromatic N) is 1. The average Bonchev–Trinajstić information content (AvgIpc) is 2.83. The van der Waals surface area contributed by atoms with Crippen LogP contribution in [0.15, 0.2) is 65.6 Å². The summed E-state index contributed by atoms with van der Waals surface area (Å²) in [6.07, 6.45) is -5.14. The Balaban J connectivity index is 1.60. The molecule has 4 rings (SSSR count). The predicted molar refractivity (Wildman–Crippen MR) is 127 cm³/mol. The van der Waals surface area contributed by atoms with Crippen LogP contribution in [0, 0.1) is 6.92 Å². The zero-order valence-electron chi connectivity index (χ0n) is 19.0. The molecule has 0 spiro atoms. The highest BCUT2D eigenvalue weighted by molar-refractivity contribution is 6.04. The number of benzene rings is 2. The van der Waals surface area contributed by atoms with Gasteiger partial charge in [-0.15, -0.1) is 0 Å². The van der Waals surface area contributed by atoms with Gasteiger partial charge in [-0.2, -0.15) is 26.3 Å². The Hall–Kier alpha value is -4.41. The number of H-pyrrole nitrogens is 1. The molecular formula is C26H17F6N3O2. The molecule has 1 amide bonds. The van der Waals surface area contributed by atoms with Crippen molar-refractivity contribution in [3.8, 4) is 0 Å². The number of rotatable bonds is 4. The van der Waals surface area contributed by atoms with Crippen LogP contribution in [-0.2, 0) is 12.4 Å². The maximum absolute atomic E-state index is 13.1. The Bertz CT molecular complexity index is 1550. The van der Waals surface area contributed by atoms with Gasteiger partial charge in [-0.3, -0.25) is 9.59 Å². The number of aromatic nitrogens is 2. The number of nitrogens with one attached hydrogen (secondary N) is 2. The van der Waals surface area contributed by atoms with Gasteiger partial charge in [0.2, 0.25) is 5.56 Å². The number of pyridine rings is 2. The molecule has 0 saturated carbocycles. The van der Waals surface area contributed by atoms with Gasteiger partial charge in [0, 0.05) is 28.9 Å². The number of aromatic amines is 1. The van der Waals surface area contributed by atoms with Crippen LogP contribution in [0.4, 0.5) is 32.0 Å². The lowest BCUT2D eigenvalue weighted by Crippen LogP contribution is -2.17. The monoisotopic (exact) mass is 517 g/mol. The number of hydrogen-bond acceptors (Lipinski definition) is 3. The molecule has 0 aliphatic heterocycles. The van der Waals surface area contributed by atoms with Crippen LogP contribution < -0.4 is 10.9 Å². The largest absolute Gasteiger partial charge is 0.416 e. The summed E-state index contributed by atoms with van der Waals surface area (Å²) in [4.78, 5) is 30.8. The Morgan fingerprint density at radius 1 is 0.892 bits per heavy atom. The second kappa shape index (κ2) is 9.57. The molecule has 0 radical (unpaired) electrons. The number of alkyl halides is 6. The molecule has 2 aromatic carbocycles. The summed E-state index contributed by atoms with van der Waals surface area (Å²) >= 11 is 0. The third-order valence-corrected chi connectivity index (χ3v) is 5.44. The average molecular weight is 517 g/mol. The molecule has 0 aliphatic rings. The molecule has 11 heteroatoms. The van der Waals surface area contributed by atoms with Crippen LogP contribution in [0.1, 0.15) is 38.2 Å². The maximum Gasteiger partial charge on any atom is 0.416 e. The summed E-state index contributed by atoms with van der Waals surface area (Å²) in [7, 11) is 0. The van der Waals surface area contributed by atoms with Gasteiger partial charge in [0.25, 0.3) is 5.91 Å². The molecular weight excluding hydrogens is 500 g/mol. The lowest BCUT2D eigenvalue weighted by atomic mass is 10.0. The van der Waals surface area contributed by atoms with E-state index in [2.05, 4.69) is 15.3 Å². The molecule has 0 saturated heterocycles. The Morgan fingerprint density at radius 2 is 1.57 bits per heavy atom. The molecule has 0 bridgehead atoms. The third-order valence-electron chi connectivity index (χ3n) is 5.44. The van der Waals surface area contributed by atoms with Crippen molar-refractivity contribution in [1.29, 1.82) is 0 Å². The smallest absolute Gasteiger partial charge is 0.322 e. The van der Waals surface area contributed by atoms with Gasteiger partial charge in [-0.05, 0) is 66.1 Å². The number of halogens is 6. The lowest BCUT2D eigenvalue weighted by Gasteiger charge is -2.14. The predicted octanol–water partition coefficient (Wildman–Crippen LogP) is 6.69. The van der Waals surface area contributed by atoms with E-state index in [4.69, 9.17) is 0 Å². The van der Waals surface area contributed by atoms with Gasteiger partial charge >= 0.3 is 12.4 Å². The number of hydrogen-bond donors (Lipinski definition) is 2. The van der Waals surface area contributed by atoms with Gasteiger partial charge in [-0.1, -0.05) is 18.2 Å². The first-order valence-corrected chi connectivity index (χ1v) is 10.7. The van der Waals surface area contributed by atoms with E-state index < -0.39 is 35.0 Å². The molecule has 2 aromatic heterocycles. The fourth-order valence-electron chi connectivity index (χ4n) is 3.52. The number of anilines is 1. The number of carbonyl (C=O) groups is 1. The van der Waals surface area contributed by atoms with Crippen molar-refractivity contribution in [2.24, 2.45) is 0 Å². The summed E-state index contributed by atoms with van der Waals surface area (Å²) in [5, 5.41) is 3.06. The van der Waals surface area contributed by atoms with E-state index in [1.165, 1.54) is 18.2 Å². The molecule has 5 nitrogen and oxygen atoms in total. The zero-order valence-corrected chi connectivity index (χ0v) is 19.0. The van der Waals surface area contributed by atoms with Gasteiger partial charge in [0.1, 0.15) is 5.65 Å². The van der Waals surface area contributed by atoms with Crippen molar-refractivity contribution in [2.45, 2.75) is 19.3 Å². The van der Waals surface area contributed by atoms with Crippen molar-refractivity contribution in [3.05, 3.63) is 105 Å².